The summed E-state index contributed by atoms with van der Waals surface area (Å²) in [5.41, 5.74) is 3.45. The van der Waals surface area contributed by atoms with Gasteiger partial charge in [-0.3, -0.25) is 14.5 Å². The number of carbonyl (C=O) groups excluding carboxylic acids is 2. The summed E-state index contributed by atoms with van der Waals surface area (Å²) in [6.07, 6.45) is 1.63. The summed E-state index contributed by atoms with van der Waals surface area (Å²) >= 11 is 0. The molecule has 2 fully saturated rings. The van der Waals surface area contributed by atoms with Gasteiger partial charge in [0, 0.05) is 31.7 Å². The molecule has 1 amide bonds. The Morgan fingerprint density at radius 2 is 1.79 bits per heavy atom. The fourth-order valence-electron chi connectivity index (χ4n) is 5.17. The second-order valence-corrected chi connectivity index (χ2v) is 10.4. The van der Waals surface area contributed by atoms with Gasteiger partial charge in [-0.15, -0.1) is 0 Å². The second-order valence-electron chi connectivity index (χ2n) is 10.4. The number of ketones is 1. The zero-order valence-electron chi connectivity index (χ0n) is 23.0. The molecule has 0 aromatic heterocycles. The zero-order chi connectivity index (χ0) is 27.2. The molecule has 4 rings (SSSR count). The van der Waals surface area contributed by atoms with Crippen LogP contribution in [0.5, 0.6) is 5.75 Å². The van der Waals surface area contributed by atoms with Crippen molar-refractivity contribution in [2.45, 2.75) is 52.5 Å². The lowest BCUT2D eigenvalue weighted by Crippen LogP contribution is -2.38. The van der Waals surface area contributed by atoms with E-state index in [0.29, 0.717) is 43.6 Å². The minimum Gasteiger partial charge on any atom is -0.507 e. The summed E-state index contributed by atoms with van der Waals surface area (Å²) in [7, 11) is 0. The van der Waals surface area contributed by atoms with Gasteiger partial charge in [-0.25, -0.2) is 0 Å². The first-order chi connectivity index (χ1) is 18.3. The Morgan fingerprint density at radius 3 is 2.42 bits per heavy atom. The van der Waals surface area contributed by atoms with Crippen LogP contribution >= 0.6 is 0 Å². The summed E-state index contributed by atoms with van der Waals surface area (Å²) < 4.78 is 11.2. The molecule has 204 valence electrons. The Hall–Kier alpha value is -3.16. The number of rotatable bonds is 10. The molecule has 1 unspecified atom stereocenters. The highest BCUT2D eigenvalue weighted by molar-refractivity contribution is 6.46. The Bertz CT molecular complexity index is 1170. The standard InChI is InChI=1S/C31H40N2O5/c1-5-17-38-25-11-12-26(22(4)20-25)29(34)27-28(24-9-7-23(8-10-24)21(2)3)33(31(36)30(27)35)14-6-13-32-15-18-37-19-16-32/h7-12,20-21,28,34H,5-6,13-19H2,1-4H3/b29-27+. The van der Waals surface area contributed by atoms with Crippen LogP contribution in [0.4, 0.5) is 0 Å². The third-order valence-corrected chi connectivity index (χ3v) is 7.36. The first kappa shape index (κ1) is 27.9. The van der Waals surface area contributed by atoms with E-state index in [9.17, 15) is 14.7 Å². The van der Waals surface area contributed by atoms with Gasteiger partial charge in [0.1, 0.15) is 11.5 Å². The number of carbonyl (C=O) groups is 2. The fourth-order valence-corrected chi connectivity index (χ4v) is 5.17. The molecule has 0 radical (unpaired) electrons. The third kappa shape index (κ3) is 6.11. The monoisotopic (exact) mass is 520 g/mol. The van der Waals surface area contributed by atoms with E-state index in [4.69, 9.17) is 9.47 Å². The number of aliphatic hydroxyl groups is 1. The third-order valence-electron chi connectivity index (χ3n) is 7.36. The lowest BCUT2D eigenvalue weighted by atomic mass is 9.92. The number of morpholine rings is 1. The quantitative estimate of drug-likeness (QED) is 0.268. The number of aryl methyl sites for hydroxylation is 1. The van der Waals surface area contributed by atoms with Crippen molar-refractivity contribution in [3.05, 3.63) is 70.3 Å². The van der Waals surface area contributed by atoms with Crippen molar-refractivity contribution in [2.24, 2.45) is 0 Å². The Kier molecular flexibility index (Phi) is 9.23. The first-order valence-corrected chi connectivity index (χ1v) is 13.7. The second kappa shape index (κ2) is 12.6. The molecular formula is C31H40N2O5. The van der Waals surface area contributed by atoms with Gasteiger partial charge < -0.3 is 19.5 Å². The number of hydrogen-bond acceptors (Lipinski definition) is 6. The van der Waals surface area contributed by atoms with Crippen molar-refractivity contribution >= 4 is 17.4 Å². The summed E-state index contributed by atoms with van der Waals surface area (Å²) in [6, 6.07) is 12.8. The van der Waals surface area contributed by atoms with Crippen LogP contribution < -0.4 is 4.74 Å². The molecule has 1 atom stereocenters. The Labute approximate surface area is 226 Å². The first-order valence-electron chi connectivity index (χ1n) is 13.7. The number of likely N-dealkylation sites (tertiary alicyclic amines) is 1. The molecule has 7 nitrogen and oxygen atoms in total. The minimum absolute atomic E-state index is 0.142. The van der Waals surface area contributed by atoms with E-state index in [0.717, 1.165) is 43.6 Å². The predicted molar refractivity (Wildman–Crippen MR) is 148 cm³/mol. The van der Waals surface area contributed by atoms with Crippen LogP contribution in [-0.4, -0.2) is 72.6 Å². The maximum atomic E-state index is 13.4. The number of hydrogen-bond donors (Lipinski definition) is 1. The van der Waals surface area contributed by atoms with E-state index in [1.54, 1.807) is 17.0 Å². The van der Waals surface area contributed by atoms with E-state index in [2.05, 4.69) is 18.7 Å². The number of ether oxygens (including phenoxy) is 2. The average Bonchev–Trinajstić information content (AvgIpc) is 3.17. The van der Waals surface area contributed by atoms with Crippen LogP contribution in [0.2, 0.25) is 0 Å². The molecule has 0 spiro atoms. The maximum absolute atomic E-state index is 13.4. The minimum atomic E-state index is -0.642. The normalized spacial score (nSPS) is 19.9. The summed E-state index contributed by atoms with van der Waals surface area (Å²) in [5, 5.41) is 11.5. The molecule has 1 N–H and O–H groups in total. The largest absolute Gasteiger partial charge is 0.507 e. The van der Waals surface area contributed by atoms with Crippen molar-refractivity contribution in [1.29, 1.82) is 0 Å². The van der Waals surface area contributed by atoms with Gasteiger partial charge in [0.2, 0.25) is 0 Å². The zero-order valence-corrected chi connectivity index (χ0v) is 23.0. The summed E-state index contributed by atoms with van der Waals surface area (Å²) in [6.45, 7) is 13.2. The molecule has 2 aromatic rings. The van der Waals surface area contributed by atoms with Gasteiger partial charge in [0.15, 0.2) is 0 Å². The van der Waals surface area contributed by atoms with Gasteiger partial charge in [0.05, 0.1) is 31.4 Å². The molecule has 0 bridgehead atoms. The van der Waals surface area contributed by atoms with Crippen molar-refractivity contribution in [3.8, 4) is 5.75 Å². The van der Waals surface area contributed by atoms with Gasteiger partial charge in [-0.2, -0.15) is 0 Å². The molecule has 38 heavy (non-hydrogen) atoms. The van der Waals surface area contributed by atoms with E-state index >= 15 is 0 Å². The highest BCUT2D eigenvalue weighted by Gasteiger charge is 2.46. The van der Waals surface area contributed by atoms with Gasteiger partial charge >= 0.3 is 0 Å². The van der Waals surface area contributed by atoms with Crippen LogP contribution in [0, 0.1) is 6.92 Å². The van der Waals surface area contributed by atoms with E-state index < -0.39 is 17.7 Å². The van der Waals surface area contributed by atoms with Crippen LogP contribution in [0.15, 0.2) is 48.0 Å². The Balaban J connectivity index is 1.68. The molecule has 2 aliphatic rings. The number of amides is 1. The summed E-state index contributed by atoms with van der Waals surface area (Å²) in [4.78, 5) is 30.7. The lowest BCUT2D eigenvalue weighted by molar-refractivity contribution is -0.140. The summed E-state index contributed by atoms with van der Waals surface area (Å²) in [5.74, 6) is -0.272. The van der Waals surface area contributed by atoms with Gasteiger partial charge in [-0.1, -0.05) is 45.0 Å². The lowest BCUT2D eigenvalue weighted by Gasteiger charge is -2.29. The number of benzene rings is 2. The average molecular weight is 521 g/mol. The van der Waals surface area contributed by atoms with Crippen molar-refractivity contribution in [3.63, 3.8) is 0 Å². The van der Waals surface area contributed by atoms with Crippen LogP contribution in [0.3, 0.4) is 0 Å². The van der Waals surface area contributed by atoms with E-state index in [1.807, 2.05) is 44.2 Å². The van der Waals surface area contributed by atoms with Crippen molar-refractivity contribution in [2.75, 3.05) is 46.0 Å². The van der Waals surface area contributed by atoms with E-state index in [-0.39, 0.29) is 11.3 Å². The SMILES string of the molecule is CCCOc1ccc(/C(O)=C2\C(=O)C(=O)N(CCCN3CCOCC3)C2c2ccc(C(C)C)cc2)c(C)c1. The Morgan fingerprint density at radius 1 is 1.08 bits per heavy atom. The smallest absolute Gasteiger partial charge is 0.295 e. The van der Waals surface area contributed by atoms with Crippen LogP contribution in [0.1, 0.15) is 67.8 Å². The van der Waals surface area contributed by atoms with Crippen molar-refractivity contribution in [1.82, 2.24) is 9.80 Å². The number of Topliss-reactive ketones (excluding diaryl/α,β-unsaturated/α-hetero) is 1. The molecule has 2 heterocycles. The van der Waals surface area contributed by atoms with Crippen LogP contribution in [-0.2, 0) is 14.3 Å². The molecular weight excluding hydrogens is 480 g/mol. The molecule has 2 aromatic carbocycles. The van der Waals surface area contributed by atoms with E-state index in [1.165, 1.54) is 5.56 Å². The maximum Gasteiger partial charge on any atom is 0.295 e. The fraction of sp³-hybridized carbons (Fsp3) is 0.484. The molecule has 2 aliphatic heterocycles. The highest BCUT2D eigenvalue weighted by atomic mass is 16.5. The number of nitrogens with zero attached hydrogens (tertiary/aromatic N) is 2. The highest BCUT2D eigenvalue weighted by Crippen LogP contribution is 2.40. The molecule has 0 saturated carbocycles. The predicted octanol–water partition coefficient (Wildman–Crippen LogP) is 5.05. The van der Waals surface area contributed by atoms with Crippen molar-refractivity contribution < 1.29 is 24.2 Å². The number of aliphatic hydroxyl groups excluding tert-OH is 1. The van der Waals surface area contributed by atoms with Gasteiger partial charge in [0.25, 0.3) is 11.7 Å². The molecule has 0 aliphatic carbocycles. The molecule has 2 saturated heterocycles. The topological polar surface area (TPSA) is 79.3 Å². The van der Waals surface area contributed by atoms with Gasteiger partial charge in [-0.05, 0) is 60.6 Å². The molecule has 7 heteroatoms. The van der Waals surface area contributed by atoms with Crippen LogP contribution in [0.25, 0.3) is 5.76 Å².